The van der Waals surface area contributed by atoms with Crippen LogP contribution in [0.3, 0.4) is 0 Å². The summed E-state index contributed by atoms with van der Waals surface area (Å²) in [5.41, 5.74) is 0. The maximum Gasteiger partial charge on any atom is 0.289 e. The quantitative estimate of drug-likeness (QED) is 0.786. The van der Waals surface area contributed by atoms with Gasteiger partial charge in [0.05, 0.1) is 12.2 Å². The van der Waals surface area contributed by atoms with Gasteiger partial charge in [-0.15, -0.1) is 0 Å². The third-order valence-electron chi connectivity index (χ3n) is 2.57. The fourth-order valence-corrected chi connectivity index (χ4v) is 2.38. The van der Waals surface area contributed by atoms with Gasteiger partial charge in [-0.3, -0.25) is 4.79 Å². The van der Waals surface area contributed by atoms with Gasteiger partial charge >= 0.3 is 0 Å². The second kappa shape index (κ2) is 5.42. The number of halogens is 2. The van der Waals surface area contributed by atoms with Crippen LogP contribution in [-0.4, -0.2) is 41.4 Å². The van der Waals surface area contributed by atoms with Crippen LogP contribution in [0.25, 0.3) is 0 Å². The van der Waals surface area contributed by atoms with Crippen molar-refractivity contribution in [3.8, 4) is 0 Å². The van der Waals surface area contributed by atoms with Crippen LogP contribution in [-0.2, 0) is 4.74 Å². The largest absolute Gasteiger partial charge is 0.440 e. The van der Waals surface area contributed by atoms with Crippen LogP contribution in [0.15, 0.2) is 16.5 Å². The lowest BCUT2D eigenvalue weighted by molar-refractivity contribution is -0.0566. The van der Waals surface area contributed by atoms with Gasteiger partial charge in [-0.25, -0.2) is 0 Å². The van der Waals surface area contributed by atoms with Crippen molar-refractivity contribution in [3.63, 3.8) is 0 Å². The van der Waals surface area contributed by atoms with Crippen molar-refractivity contribution in [2.75, 3.05) is 18.4 Å². The number of amides is 1. The van der Waals surface area contributed by atoms with Crippen LogP contribution in [0, 0.1) is 0 Å². The highest BCUT2D eigenvalue weighted by atomic mass is 79.9. The molecule has 1 saturated heterocycles. The molecule has 2 heterocycles. The van der Waals surface area contributed by atoms with E-state index in [-0.39, 0.29) is 29.1 Å². The summed E-state index contributed by atoms with van der Waals surface area (Å²) in [6.07, 6.45) is 0.0498. The van der Waals surface area contributed by atoms with E-state index in [2.05, 4.69) is 15.9 Å². The highest BCUT2D eigenvalue weighted by Gasteiger charge is 2.29. The average Bonchev–Trinajstić information content (AvgIpc) is 2.74. The number of carbonyl (C=O) groups is 1. The van der Waals surface area contributed by atoms with Gasteiger partial charge in [0.15, 0.2) is 11.0 Å². The molecular weight excluding hydrogens is 309 g/mol. The second-order valence-corrected chi connectivity index (χ2v) is 5.06. The molecule has 0 radical (unpaired) electrons. The van der Waals surface area contributed by atoms with E-state index in [0.717, 1.165) is 0 Å². The second-order valence-electron chi connectivity index (χ2n) is 4.04. The molecule has 0 spiro atoms. The number of alkyl halides is 1. The number of morpholine rings is 1. The molecule has 2 rings (SSSR count). The smallest absolute Gasteiger partial charge is 0.289 e. The predicted molar refractivity (Wildman–Crippen MR) is 67.8 cm³/mol. The lowest BCUT2D eigenvalue weighted by Crippen LogP contribution is -2.49. The van der Waals surface area contributed by atoms with E-state index in [0.29, 0.717) is 18.4 Å². The molecule has 0 aromatic carbocycles. The first-order chi connectivity index (χ1) is 8.10. The van der Waals surface area contributed by atoms with Gasteiger partial charge < -0.3 is 14.1 Å². The van der Waals surface area contributed by atoms with Gasteiger partial charge in [-0.05, 0) is 30.7 Å². The zero-order chi connectivity index (χ0) is 12.4. The zero-order valence-electron chi connectivity index (χ0n) is 9.36. The highest BCUT2D eigenvalue weighted by molar-refractivity contribution is 9.09. The molecule has 0 N–H and O–H groups in total. The Bertz CT molecular complexity index is 409. The molecule has 1 aromatic heterocycles. The van der Waals surface area contributed by atoms with E-state index >= 15 is 0 Å². The Labute approximate surface area is 113 Å². The molecule has 1 aliphatic heterocycles. The van der Waals surface area contributed by atoms with Gasteiger partial charge in [0.2, 0.25) is 0 Å². The maximum absolute atomic E-state index is 12.1. The van der Waals surface area contributed by atoms with Crippen molar-refractivity contribution < 1.29 is 13.9 Å². The van der Waals surface area contributed by atoms with Crippen molar-refractivity contribution in [2.45, 2.75) is 19.1 Å². The number of carbonyl (C=O) groups excluding carboxylic acids is 1. The fraction of sp³-hybridized carbons (Fsp3) is 0.545. The van der Waals surface area contributed by atoms with E-state index in [1.807, 2.05) is 6.92 Å². The Morgan fingerprint density at radius 3 is 2.94 bits per heavy atom. The Kier molecular flexibility index (Phi) is 4.12. The molecule has 0 aliphatic carbocycles. The van der Waals surface area contributed by atoms with Crippen LogP contribution in [0.4, 0.5) is 0 Å². The number of hydrogen-bond acceptors (Lipinski definition) is 3. The molecule has 4 nitrogen and oxygen atoms in total. The summed E-state index contributed by atoms with van der Waals surface area (Å²) < 4.78 is 10.8. The lowest BCUT2D eigenvalue weighted by Gasteiger charge is -2.35. The minimum absolute atomic E-state index is 0.0214. The van der Waals surface area contributed by atoms with E-state index in [4.69, 9.17) is 20.8 Å². The first-order valence-corrected chi connectivity index (χ1v) is 6.86. The monoisotopic (exact) mass is 321 g/mol. The van der Waals surface area contributed by atoms with E-state index in [9.17, 15) is 4.79 Å². The summed E-state index contributed by atoms with van der Waals surface area (Å²) in [6, 6.07) is 3.16. The van der Waals surface area contributed by atoms with Crippen LogP contribution in [0.2, 0.25) is 5.22 Å². The minimum Gasteiger partial charge on any atom is -0.440 e. The van der Waals surface area contributed by atoms with Gasteiger partial charge in [-0.2, -0.15) is 0 Å². The standard InChI is InChI=1S/C11H13BrClNO3/c1-7-5-14(6-8(4-12)16-7)11(15)9-2-3-10(13)17-9/h2-3,7-8H,4-6H2,1H3. The topological polar surface area (TPSA) is 42.7 Å². The van der Waals surface area contributed by atoms with Crippen LogP contribution < -0.4 is 0 Å². The van der Waals surface area contributed by atoms with Gasteiger partial charge in [0.1, 0.15) is 0 Å². The summed E-state index contributed by atoms with van der Waals surface area (Å²) in [5.74, 6) is 0.135. The zero-order valence-corrected chi connectivity index (χ0v) is 11.7. The molecule has 0 bridgehead atoms. The Hall–Kier alpha value is -0.520. The van der Waals surface area contributed by atoms with Crippen molar-refractivity contribution in [2.24, 2.45) is 0 Å². The number of nitrogens with zero attached hydrogens (tertiary/aromatic N) is 1. The Morgan fingerprint density at radius 1 is 1.59 bits per heavy atom. The number of furan rings is 1. The molecular formula is C11H13BrClNO3. The lowest BCUT2D eigenvalue weighted by atomic mass is 10.2. The maximum atomic E-state index is 12.1. The van der Waals surface area contributed by atoms with Crippen LogP contribution in [0.1, 0.15) is 17.5 Å². The molecule has 2 atom stereocenters. The predicted octanol–water partition coefficient (Wildman–Crippen LogP) is 2.56. The van der Waals surface area contributed by atoms with Gasteiger partial charge in [0, 0.05) is 18.4 Å². The molecule has 94 valence electrons. The van der Waals surface area contributed by atoms with Crippen molar-refractivity contribution in [1.29, 1.82) is 0 Å². The molecule has 0 saturated carbocycles. The first-order valence-electron chi connectivity index (χ1n) is 5.36. The SMILES string of the molecule is CC1CN(C(=O)c2ccc(Cl)o2)CC(CBr)O1. The fourth-order valence-electron chi connectivity index (χ4n) is 1.88. The summed E-state index contributed by atoms with van der Waals surface area (Å²) in [4.78, 5) is 13.9. The van der Waals surface area contributed by atoms with E-state index in [1.165, 1.54) is 0 Å². The average molecular weight is 323 g/mol. The summed E-state index contributed by atoms with van der Waals surface area (Å²) in [5, 5.41) is 0.937. The molecule has 1 aliphatic rings. The molecule has 1 amide bonds. The van der Waals surface area contributed by atoms with Crippen LogP contribution in [0.5, 0.6) is 0 Å². The molecule has 17 heavy (non-hydrogen) atoms. The Morgan fingerprint density at radius 2 is 2.35 bits per heavy atom. The number of rotatable bonds is 2. The van der Waals surface area contributed by atoms with E-state index in [1.54, 1.807) is 17.0 Å². The van der Waals surface area contributed by atoms with Gasteiger partial charge in [-0.1, -0.05) is 15.9 Å². The molecule has 1 aromatic rings. The molecule has 2 unspecified atom stereocenters. The number of ether oxygens (including phenoxy) is 1. The third-order valence-corrected chi connectivity index (χ3v) is 3.49. The molecule has 6 heteroatoms. The van der Waals surface area contributed by atoms with Gasteiger partial charge in [0.25, 0.3) is 5.91 Å². The summed E-state index contributed by atoms with van der Waals surface area (Å²) in [7, 11) is 0. The number of hydrogen-bond donors (Lipinski definition) is 0. The van der Waals surface area contributed by atoms with E-state index < -0.39 is 0 Å². The normalized spacial score (nSPS) is 25.0. The Balaban J connectivity index is 2.08. The minimum atomic E-state index is -0.141. The summed E-state index contributed by atoms with van der Waals surface area (Å²) >= 11 is 9.03. The summed E-state index contributed by atoms with van der Waals surface area (Å²) in [6.45, 7) is 3.08. The van der Waals surface area contributed by atoms with Crippen molar-refractivity contribution in [3.05, 3.63) is 23.1 Å². The van der Waals surface area contributed by atoms with Crippen molar-refractivity contribution >= 4 is 33.4 Å². The van der Waals surface area contributed by atoms with Crippen LogP contribution >= 0.6 is 27.5 Å². The molecule has 1 fully saturated rings. The van der Waals surface area contributed by atoms with Crippen molar-refractivity contribution in [1.82, 2.24) is 4.90 Å². The highest BCUT2D eigenvalue weighted by Crippen LogP contribution is 2.19. The first kappa shape index (κ1) is 12.9. The third kappa shape index (κ3) is 3.03.